The van der Waals surface area contributed by atoms with Gasteiger partial charge in [0, 0.05) is 31.9 Å². The summed E-state index contributed by atoms with van der Waals surface area (Å²) in [6, 6.07) is 7.31. The van der Waals surface area contributed by atoms with Crippen LogP contribution >= 0.6 is 0 Å². The second-order valence-electron chi connectivity index (χ2n) is 7.27. The van der Waals surface area contributed by atoms with Crippen LogP contribution in [-0.4, -0.2) is 88.8 Å². The van der Waals surface area contributed by atoms with E-state index in [1.165, 1.54) is 7.11 Å². The molecule has 0 bridgehead atoms. The van der Waals surface area contributed by atoms with Gasteiger partial charge in [-0.15, -0.1) is 0 Å². The molecule has 158 valence electrons. The number of esters is 1. The average molecular weight is 405 g/mol. The number of hydrogen-bond donors (Lipinski definition) is 2. The lowest BCUT2D eigenvalue weighted by atomic mass is 10.1. The summed E-state index contributed by atoms with van der Waals surface area (Å²) in [5.41, 5.74) is 1.11. The zero-order valence-electron chi connectivity index (χ0n) is 17.0. The third-order valence-corrected chi connectivity index (χ3v) is 5.60. The molecule has 3 rings (SSSR count). The standard InChI is InChI=1S/C20H28N4O5/c1-28-16-5-3-15(4-6-16)22-9-11-23(12-10-22)18(25)14-24-8-7-21-20(27)17(24)13-19(26)29-2/h3-6,17H,7-14H2,1-2H3,(H,21,27)/p+1/t17-/m0/s1. The van der Waals surface area contributed by atoms with Gasteiger partial charge in [0.2, 0.25) is 0 Å². The van der Waals surface area contributed by atoms with E-state index in [4.69, 9.17) is 9.47 Å². The number of carbonyl (C=O) groups is 3. The highest BCUT2D eigenvalue weighted by Crippen LogP contribution is 2.20. The van der Waals surface area contributed by atoms with Crippen LogP contribution in [0.3, 0.4) is 0 Å². The molecule has 2 fully saturated rings. The largest absolute Gasteiger partial charge is 0.497 e. The van der Waals surface area contributed by atoms with Crippen LogP contribution in [0.2, 0.25) is 0 Å². The van der Waals surface area contributed by atoms with Gasteiger partial charge in [0.15, 0.2) is 12.6 Å². The molecule has 0 aromatic heterocycles. The minimum absolute atomic E-state index is 0.0129. The fourth-order valence-electron chi connectivity index (χ4n) is 3.84. The van der Waals surface area contributed by atoms with Gasteiger partial charge in [-0.2, -0.15) is 0 Å². The van der Waals surface area contributed by atoms with Gasteiger partial charge in [0.1, 0.15) is 12.2 Å². The van der Waals surface area contributed by atoms with Crippen molar-refractivity contribution >= 4 is 23.5 Å². The predicted octanol–water partition coefficient (Wildman–Crippen LogP) is -1.71. The van der Waals surface area contributed by atoms with E-state index in [-0.39, 0.29) is 24.8 Å². The van der Waals surface area contributed by atoms with E-state index in [1.807, 2.05) is 29.2 Å². The number of methoxy groups -OCH3 is 2. The molecule has 1 aromatic rings. The lowest BCUT2D eigenvalue weighted by Crippen LogP contribution is -3.20. The Morgan fingerprint density at radius 2 is 1.83 bits per heavy atom. The minimum atomic E-state index is -0.583. The van der Waals surface area contributed by atoms with Gasteiger partial charge in [0.25, 0.3) is 11.8 Å². The van der Waals surface area contributed by atoms with Crippen molar-refractivity contribution < 1.29 is 28.8 Å². The van der Waals surface area contributed by atoms with Gasteiger partial charge >= 0.3 is 5.97 Å². The van der Waals surface area contributed by atoms with E-state index in [9.17, 15) is 14.4 Å². The molecule has 2 atom stereocenters. The quantitative estimate of drug-likeness (QED) is 0.548. The van der Waals surface area contributed by atoms with Crippen LogP contribution in [0.4, 0.5) is 5.69 Å². The maximum Gasteiger partial charge on any atom is 0.312 e. The third-order valence-electron chi connectivity index (χ3n) is 5.60. The predicted molar refractivity (Wildman–Crippen MR) is 106 cm³/mol. The van der Waals surface area contributed by atoms with Crippen LogP contribution in [0.5, 0.6) is 5.75 Å². The molecule has 0 saturated carbocycles. The van der Waals surface area contributed by atoms with E-state index in [2.05, 4.69) is 10.2 Å². The first-order chi connectivity index (χ1) is 14.0. The van der Waals surface area contributed by atoms with Crippen molar-refractivity contribution in [1.29, 1.82) is 0 Å². The highest BCUT2D eigenvalue weighted by molar-refractivity contribution is 5.86. The first kappa shape index (κ1) is 20.9. The summed E-state index contributed by atoms with van der Waals surface area (Å²) < 4.78 is 9.89. The van der Waals surface area contributed by atoms with Gasteiger partial charge in [-0.3, -0.25) is 14.4 Å². The molecule has 2 saturated heterocycles. The highest BCUT2D eigenvalue weighted by atomic mass is 16.5. The van der Waals surface area contributed by atoms with Gasteiger partial charge in [-0.25, -0.2) is 0 Å². The molecule has 2 amide bonds. The van der Waals surface area contributed by atoms with Crippen molar-refractivity contribution in [2.75, 3.05) is 64.9 Å². The number of anilines is 1. The second-order valence-corrected chi connectivity index (χ2v) is 7.27. The van der Waals surface area contributed by atoms with Crippen molar-refractivity contribution in [3.8, 4) is 5.75 Å². The number of piperazine rings is 2. The highest BCUT2D eigenvalue weighted by Gasteiger charge is 2.37. The first-order valence-corrected chi connectivity index (χ1v) is 9.87. The van der Waals surface area contributed by atoms with Crippen molar-refractivity contribution in [1.82, 2.24) is 10.2 Å². The lowest BCUT2D eigenvalue weighted by Gasteiger charge is -2.37. The first-order valence-electron chi connectivity index (χ1n) is 9.87. The van der Waals surface area contributed by atoms with Crippen molar-refractivity contribution in [3.05, 3.63) is 24.3 Å². The molecule has 9 nitrogen and oxygen atoms in total. The maximum absolute atomic E-state index is 12.8. The van der Waals surface area contributed by atoms with Crippen LogP contribution < -0.4 is 19.9 Å². The van der Waals surface area contributed by atoms with E-state index in [1.54, 1.807) is 7.11 Å². The van der Waals surface area contributed by atoms with E-state index in [0.717, 1.165) is 29.4 Å². The summed E-state index contributed by atoms with van der Waals surface area (Å²) in [4.78, 5) is 41.6. The number of hydrogen-bond acceptors (Lipinski definition) is 6. The Balaban J connectivity index is 1.54. The van der Waals surface area contributed by atoms with Gasteiger partial charge in [0.05, 0.1) is 27.3 Å². The molecule has 9 heteroatoms. The summed E-state index contributed by atoms with van der Waals surface area (Å²) in [7, 11) is 2.94. The van der Waals surface area contributed by atoms with Crippen LogP contribution in [0.1, 0.15) is 6.42 Å². The molecule has 2 aliphatic heterocycles. The Kier molecular flexibility index (Phi) is 6.92. The number of amides is 2. The number of nitrogens with one attached hydrogen (secondary N) is 2. The number of nitrogens with zero attached hydrogens (tertiary/aromatic N) is 2. The van der Waals surface area contributed by atoms with E-state index < -0.39 is 12.0 Å². The zero-order valence-corrected chi connectivity index (χ0v) is 17.0. The molecule has 2 N–H and O–H groups in total. The fraction of sp³-hybridized carbons (Fsp3) is 0.550. The molecule has 2 aliphatic rings. The smallest absolute Gasteiger partial charge is 0.312 e. The normalized spacial score (nSPS) is 22.1. The summed E-state index contributed by atoms with van der Waals surface area (Å²) in [5, 5.41) is 2.77. The monoisotopic (exact) mass is 405 g/mol. The van der Waals surface area contributed by atoms with Gasteiger partial charge in [-0.1, -0.05) is 0 Å². The number of quaternary nitrogens is 1. The van der Waals surface area contributed by atoms with Crippen LogP contribution in [0.15, 0.2) is 24.3 Å². The number of rotatable bonds is 6. The SMILES string of the molecule is COC(=O)C[C@H]1C(=O)NCC[NH+]1CC(=O)N1CCN(c2ccc(OC)cc2)CC1. The summed E-state index contributed by atoms with van der Waals surface area (Å²) >= 11 is 0. The summed E-state index contributed by atoms with van der Waals surface area (Å²) in [5.74, 6) is 0.190. The summed E-state index contributed by atoms with van der Waals surface area (Å²) in [6.07, 6.45) is -0.0177. The number of benzene rings is 1. The second kappa shape index (κ2) is 9.60. The molecule has 0 spiro atoms. The number of ether oxygens (including phenoxy) is 2. The Morgan fingerprint density at radius 1 is 1.14 bits per heavy atom. The van der Waals surface area contributed by atoms with Gasteiger partial charge < -0.3 is 29.5 Å². The molecule has 2 heterocycles. The molecular formula is C20H29N4O5+. The Hall–Kier alpha value is -2.81. The van der Waals surface area contributed by atoms with Crippen molar-refractivity contribution in [3.63, 3.8) is 0 Å². The van der Waals surface area contributed by atoms with E-state index in [0.29, 0.717) is 26.2 Å². The Labute approximate surface area is 170 Å². The Morgan fingerprint density at radius 3 is 2.45 bits per heavy atom. The summed E-state index contributed by atoms with van der Waals surface area (Å²) in [6.45, 7) is 4.09. The molecule has 0 radical (unpaired) electrons. The molecule has 1 aromatic carbocycles. The van der Waals surface area contributed by atoms with Crippen LogP contribution in [0.25, 0.3) is 0 Å². The number of carbonyl (C=O) groups excluding carboxylic acids is 3. The zero-order chi connectivity index (χ0) is 20.8. The lowest BCUT2D eigenvalue weighted by molar-refractivity contribution is -0.909. The van der Waals surface area contributed by atoms with Crippen LogP contribution in [0, 0.1) is 0 Å². The molecule has 0 aliphatic carbocycles. The van der Waals surface area contributed by atoms with Gasteiger partial charge in [-0.05, 0) is 24.3 Å². The van der Waals surface area contributed by atoms with Crippen LogP contribution in [-0.2, 0) is 19.1 Å². The molecule has 29 heavy (non-hydrogen) atoms. The fourth-order valence-corrected chi connectivity index (χ4v) is 3.84. The average Bonchev–Trinajstić information content (AvgIpc) is 2.76. The molecular weight excluding hydrogens is 376 g/mol. The Bertz CT molecular complexity index is 731. The third kappa shape index (κ3) is 5.17. The minimum Gasteiger partial charge on any atom is -0.497 e. The topological polar surface area (TPSA) is 92.6 Å². The molecule has 1 unspecified atom stereocenters. The van der Waals surface area contributed by atoms with Crippen molar-refractivity contribution in [2.24, 2.45) is 0 Å². The maximum atomic E-state index is 12.8. The van der Waals surface area contributed by atoms with Crippen molar-refractivity contribution in [2.45, 2.75) is 12.5 Å². The van der Waals surface area contributed by atoms with E-state index >= 15 is 0 Å².